The van der Waals surface area contributed by atoms with Crippen LogP contribution in [-0.4, -0.2) is 30.5 Å². The van der Waals surface area contributed by atoms with Gasteiger partial charge >= 0.3 is 0 Å². The maximum absolute atomic E-state index is 5.62. The Kier molecular flexibility index (Phi) is 5.31. The van der Waals surface area contributed by atoms with Crippen LogP contribution in [0, 0.1) is 11.3 Å². The van der Waals surface area contributed by atoms with E-state index in [1.54, 1.807) is 7.11 Å². The summed E-state index contributed by atoms with van der Waals surface area (Å²) in [6.07, 6.45) is 6.79. The lowest BCUT2D eigenvalue weighted by Crippen LogP contribution is -2.35. The Morgan fingerprint density at radius 3 is 2.86 bits per heavy atom. The van der Waals surface area contributed by atoms with E-state index in [0.29, 0.717) is 17.3 Å². The van der Waals surface area contributed by atoms with Gasteiger partial charge in [0, 0.05) is 12.5 Å². The molecule has 0 radical (unpaired) electrons. The molecule has 2 rings (SSSR count). The molecule has 0 amide bonds. The van der Waals surface area contributed by atoms with Crippen LogP contribution in [0.25, 0.3) is 0 Å². The molecular weight excluding hydrogens is 262 g/mol. The molecule has 1 saturated carbocycles. The third-order valence-electron chi connectivity index (χ3n) is 4.85. The SMILES string of the molecule is CCCn1ncc(OC)c1C1CC(C)(C)CCC1CNC. The Bertz CT molecular complexity index is 453. The number of nitrogens with one attached hydrogen (secondary N) is 1. The molecule has 1 fully saturated rings. The van der Waals surface area contributed by atoms with Crippen LogP contribution in [0.15, 0.2) is 6.20 Å². The number of hydrogen-bond acceptors (Lipinski definition) is 3. The molecule has 0 aliphatic heterocycles. The van der Waals surface area contributed by atoms with Gasteiger partial charge in [-0.2, -0.15) is 5.10 Å². The molecular formula is C17H31N3O. The molecule has 21 heavy (non-hydrogen) atoms. The van der Waals surface area contributed by atoms with Gasteiger partial charge in [-0.3, -0.25) is 4.68 Å². The van der Waals surface area contributed by atoms with E-state index in [1.807, 2.05) is 6.20 Å². The highest BCUT2D eigenvalue weighted by Crippen LogP contribution is 2.48. The fourth-order valence-electron chi connectivity index (χ4n) is 3.77. The van der Waals surface area contributed by atoms with E-state index < -0.39 is 0 Å². The lowest BCUT2D eigenvalue weighted by molar-refractivity contribution is 0.153. The first-order chi connectivity index (χ1) is 10.0. The summed E-state index contributed by atoms with van der Waals surface area (Å²) in [5, 5.41) is 7.94. The molecule has 2 atom stereocenters. The predicted octanol–water partition coefficient (Wildman–Crippen LogP) is 3.43. The van der Waals surface area contributed by atoms with E-state index in [-0.39, 0.29) is 0 Å². The van der Waals surface area contributed by atoms with Crippen LogP contribution in [0.5, 0.6) is 5.75 Å². The molecule has 0 spiro atoms. The van der Waals surface area contributed by atoms with Crippen LogP contribution in [-0.2, 0) is 6.54 Å². The fourth-order valence-corrected chi connectivity index (χ4v) is 3.77. The minimum atomic E-state index is 0.404. The Labute approximate surface area is 129 Å². The molecule has 1 heterocycles. The van der Waals surface area contributed by atoms with E-state index >= 15 is 0 Å². The number of aryl methyl sites for hydroxylation is 1. The van der Waals surface area contributed by atoms with Gasteiger partial charge in [-0.1, -0.05) is 20.8 Å². The zero-order chi connectivity index (χ0) is 15.5. The summed E-state index contributed by atoms with van der Waals surface area (Å²) < 4.78 is 7.79. The topological polar surface area (TPSA) is 39.1 Å². The molecule has 1 aromatic heterocycles. The Balaban J connectivity index is 2.36. The lowest BCUT2D eigenvalue weighted by atomic mass is 9.66. The van der Waals surface area contributed by atoms with Gasteiger partial charge in [-0.15, -0.1) is 0 Å². The molecule has 0 aromatic carbocycles. The van der Waals surface area contributed by atoms with Crippen molar-refractivity contribution in [3.05, 3.63) is 11.9 Å². The zero-order valence-electron chi connectivity index (χ0n) is 14.3. The van der Waals surface area contributed by atoms with Gasteiger partial charge in [0.15, 0.2) is 5.75 Å². The van der Waals surface area contributed by atoms with Gasteiger partial charge in [0.25, 0.3) is 0 Å². The largest absolute Gasteiger partial charge is 0.493 e. The average Bonchev–Trinajstić information content (AvgIpc) is 2.84. The third kappa shape index (κ3) is 3.60. The molecule has 4 nitrogen and oxygen atoms in total. The smallest absolute Gasteiger partial charge is 0.160 e. The molecule has 0 bridgehead atoms. The molecule has 1 aromatic rings. The Morgan fingerprint density at radius 1 is 1.48 bits per heavy atom. The molecule has 1 N–H and O–H groups in total. The predicted molar refractivity (Wildman–Crippen MR) is 86.9 cm³/mol. The van der Waals surface area contributed by atoms with Crippen molar-refractivity contribution in [2.45, 2.75) is 58.9 Å². The molecule has 120 valence electrons. The summed E-state index contributed by atoms with van der Waals surface area (Å²) in [6.45, 7) is 9.03. The first kappa shape index (κ1) is 16.3. The van der Waals surface area contributed by atoms with Crippen LogP contribution in [0.4, 0.5) is 0 Å². The van der Waals surface area contributed by atoms with Crippen molar-refractivity contribution in [3.8, 4) is 5.75 Å². The first-order valence-corrected chi connectivity index (χ1v) is 8.26. The number of rotatable bonds is 6. The normalized spacial score (nSPS) is 25.0. The summed E-state index contributed by atoms with van der Waals surface area (Å²) >= 11 is 0. The number of hydrogen-bond donors (Lipinski definition) is 1. The van der Waals surface area contributed by atoms with Gasteiger partial charge < -0.3 is 10.1 Å². The van der Waals surface area contributed by atoms with Crippen molar-refractivity contribution >= 4 is 0 Å². The second kappa shape index (κ2) is 6.82. The minimum absolute atomic E-state index is 0.404. The molecule has 2 unspecified atom stereocenters. The van der Waals surface area contributed by atoms with E-state index in [4.69, 9.17) is 4.74 Å². The minimum Gasteiger partial charge on any atom is -0.493 e. The van der Waals surface area contributed by atoms with Crippen molar-refractivity contribution in [2.75, 3.05) is 20.7 Å². The van der Waals surface area contributed by atoms with Crippen LogP contribution < -0.4 is 10.1 Å². The van der Waals surface area contributed by atoms with Crippen molar-refractivity contribution in [1.29, 1.82) is 0 Å². The van der Waals surface area contributed by atoms with Gasteiger partial charge in [0.1, 0.15) is 0 Å². The highest BCUT2D eigenvalue weighted by Gasteiger charge is 2.38. The summed E-state index contributed by atoms with van der Waals surface area (Å²) in [5.41, 5.74) is 1.72. The number of aromatic nitrogens is 2. The summed E-state index contributed by atoms with van der Waals surface area (Å²) in [5.74, 6) is 2.17. The fraction of sp³-hybridized carbons (Fsp3) is 0.824. The standard InChI is InChI=1S/C17H31N3O/c1-6-9-20-16(15(21-5)12-19-20)14-10-17(2,3)8-7-13(14)11-18-4/h12-14,18H,6-11H2,1-5H3. The number of ether oxygens (including phenoxy) is 1. The van der Waals surface area contributed by atoms with Gasteiger partial charge in [0.05, 0.1) is 19.0 Å². The van der Waals surface area contributed by atoms with Gasteiger partial charge in [0.2, 0.25) is 0 Å². The number of methoxy groups -OCH3 is 1. The molecule has 1 aliphatic rings. The molecule has 1 aliphatic carbocycles. The van der Waals surface area contributed by atoms with Crippen molar-refractivity contribution in [3.63, 3.8) is 0 Å². The van der Waals surface area contributed by atoms with Crippen molar-refractivity contribution in [2.24, 2.45) is 11.3 Å². The van der Waals surface area contributed by atoms with E-state index in [1.165, 1.54) is 25.0 Å². The van der Waals surface area contributed by atoms with Crippen LogP contribution >= 0.6 is 0 Å². The maximum atomic E-state index is 5.62. The quantitative estimate of drug-likeness (QED) is 0.873. The maximum Gasteiger partial charge on any atom is 0.160 e. The highest BCUT2D eigenvalue weighted by atomic mass is 16.5. The van der Waals surface area contributed by atoms with E-state index in [0.717, 1.165) is 25.3 Å². The second-order valence-corrected chi connectivity index (χ2v) is 7.15. The van der Waals surface area contributed by atoms with E-state index in [2.05, 4.69) is 42.9 Å². The zero-order valence-corrected chi connectivity index (χ0v) is 14.3. The monoisotopic (exact) mass is 293 g/mol. The van der Waals surface area contributed by atoms with Crippen LogP contribution in [0.1, 0.15) is 58.1 Å². The van der Waals surface area contributed by atoms with E-state index in [9.17, 15) is 0 Å². The van der Waals surface area contributed by atoms with Crippen LogP contribution in [0.2, 0.25) is 0 Å². The molecule has 4 heteroatoms. The number of nitrogens with zero attached hydrogens (tertiary/aromatic N) is 2. The second-order valence-electron chi connectivity index (χ2n) is 7.15. The summed E-state index contributed by atoms with van der Waals surface area (Å²) in [4.78, 5) is 0. The van der Waals surface area contributed by atoms with Gasteiger partial charge in [-0.05, 0) is 50.6 Å². The van der Waals surface area contributed by atoms with Gasteiger partial charge in [-0.25, -0.2) is 0 Å². The Morgan fingerprint density at radius 2 is 2.24 bits per heavy atom. The van der Waals surface area contributed by atoms with Crippen molar-refractivity contribution in [1.82, 2.24) is 15.1 Å². The molecule has 0 saturated heterocycles. The highest BCUT2D eigenvalue weighted by molar-refractivity contribution is 5.30. The van der Waals surface area contributed by atoms with Crippen LogP contribution in [0.3, 0.4) is 0 Å². The summed E-state index contributed by atoms with van der Waals surface area (Å²) in [7, 11) is 3.81. The summed E-state index contributed by atoms with van der Waals surface area (Å²) in [6, 6.07) is 0. The third-order valence-corrected chi connectivity index (χ3v) is 4.85. The first-order valence-electron chi connectivity index (χ1n) is 8.26. The van der Waals surface area contributed by atoms with Crippen molar-refractivity contribution < 1.29 is 4.74 Å². The lowest BCUT2D eigenvalue weighted by Gasteiger charge is -2.41. The average molecular weight is 293 g/mol. The Hall–Kier alpha value is -1.03.